The first-order chi connectivity index (χ1) is 15.5. The van der Waals surface area contributed by atoms with Gasteiger partial charge in [-0.25, -0.2) is 0 Å². The smallest absolute Gasteiger partial charge is 0.251 e. The fraction of sp³-hybridized carbons (Fsp3) is 0.500. The standard InChI is InChI=1S/C22H27N9O/c1-13-10-18(29-28-13)25-22-26-20(17-6-7-19(32)30(2)21(17)27-22)24-14-11-15-4-5-16(12-14)31(15)9-3-8-23/h6-7,10,14-16H,3-5,9,11-12H2,1-2H3,(H3,24,25,26,27,28,29)/t14-,15-,16?/m0/s1. The van der Waals surface area contributed by atoms with Gasteiger partial charge in [0.15, 0.2) is 5.82 Å². The summed E-state index contributed by atoms with van der Waals surface area (Å²) in [5, 5.41) is 23.7. The van der Waals surface area contributed by atoms with Crippen LogP contribution in [-0.2, 0) is 7.05 Å². The van der Waals surface area contributed by atoms with Crippen LogP contribution in [0.2, 0.25) is 0 Å². The molecule has 3 atom stereocenters. The fourth-order valence-electron chi connectivity index (χ4n) is 5.13. The molecule has 2 aliphatic rings. The Morgan fingerprint density at radius 2 is 2.03 bits per heavy atom. The minimum Gasteiger partial charge on any atom is -0.366 e. The van der Waals surface area contributed by atoms with Crippen LogP contribution in [0.15, 0.2) is 23.0 Å². The van der Waals surface area contributed by atoms with Crippen molar-refractivity contribution < 1.29 is 0 Å². The second kappa shape index (κ2) is 8.24. The summed E-state index contributed by atoms with van der Waals surface area (Å²) in [7, 11) is 1.72. The lowest BCUT2D eigenvalue weighted by Crippen LogP contribution is -2.47. The van der Waals surface area contributed by atoms with Gasteiger partial charge in [-0.05, 0) is 38.7 Å². The second-order valence-corrected chi connectivity index (χ2v) is 8.77. The summed E-state index contributed by atoms with van der Waals surface area (Å²) in [6.07, 6.45) is 4.97. The third kappa shape index (κ3) is 3.80. The molecule has 10 nitrogen and oxygen atoms in total. The van der Waals surface area contributed by atoms with E-state index >= 15 is 0 Å². The van der Waals surface area contributed by atoms with Crippen LogP contribution in [0, 0.1) is 18.3 Å². The van der Waals surface area contributed by atoms with Crippen molar-refractivity contribution in [1.82, 2.24) is 29.6 Å². The molecule has 3 aromatic heterocycles. The third-order valence-electron chi connectivity index (χ3n) is 6.62. The molecular formula is C22H27N9O. The van der Waals surface area contributed by atoms with E-state index in [1.165, 1.54) is 17.4 Å². The molecule has 0 saturated carbocycles. The highest BCUT2D eigenvalue weighted by molar-refractivity contribution is 5.88. The van der Waals surface area contributed by atoms with Crippen molar-refractivity contribution in [1.29, 1.82) is 5.26 Å². The summed E-state index contributed by atoms with van der Waals surface area (Å²) >= 11 is 0. The normalized spacial score (nSPS) is 22.7. The van der Waals surface area contributed by atoms with Crippen LogP contribution in [0.25, 0.3) is 11.0 Å². The summed E-state index contributed by atoms with van der Waals surface area (Å²) < 4.78 is 1.54. The lowest BCUT2D eigenvalue weighted by atomic mass is 9.97. The molecule has 0 aliphatic carbocycles. The molecule has 0 spiro atoms. The maximum absolute atomic E-state index is 12.2. The van der Waals surface area contributed by atoms with Crippen molar-refractivity contribution in [2.75, 3.05) is 17.2 Å². The summed E-state index contributed by atoms with van der Waals surface area (Å²) in [4.78, 5) is 24.1. The Morgan fingerprint density at radius 1 is 1.25 bits per heavy atom. The summed E-state index contributed by atoms with van der Waals surface area (Å²) in [5.74, 6) is 1.73. The van der Waals surface area contributed by atoms with Gasteiger partial charge in [0.1, 0.15) is 11.5 Å². The zero-order valence-corrected chi connectivity index (χ0v) is 18.3. The Kier molecular flexibility index (Phi) is 5.27. The van der Waals surface area contributed by atoms with E-state index in [4.69, 9.17) is 10.2 Å². The predicted molar refractivity (Wildman–Crippen MR) is 122 cm³/mol. The first-order valence-electron chi connectivity index (χ1n) is 11.1. The molecule has 2 aliphatic heterocycles. The number of nitrogens with zero attached hydrogens (tertiary/aromatic N) is 6. The number of nitriles is 1. The number of hydrogen-bond acceptors (Lipinski definition) is 8. The average molecular weight is 434 g/mol. The largest absolute Gasteiger partial charge is 0.366 e. The molecule has 2 bridgehead atoms. The van der Waals surface area contributed by atoms with Crippen LogP contribution in [0.3, 0.4) is 0 Å². The monoisotopic (exact) mass is 433 g/mol. The Hall–Kier alpha value is -3.45. The van der Waals surface area contributed by atoms with E-state index < -0.39 is 0 Å². The number of aromatic nitrogens is 5. The molecule has 0 aromatic carbocycles. The van der Waals surface area contributed by atoms with Crippen LogP contribution < -0.4 is 16.2 Å². The number of rotatable bonds is 6. The number of hydrogen-bond donors (Lipinski definition) is 3. The number of aromatic amines is 1. The Labute approximate surface area is 185 Å². The van der Waals surface area contributed by atoms with Gasteiger partial charge in [-0.15, -0.1) is 0 Å². The van der Waals surface area contributed by atoms with E-state index in [-0.39, 0.29) is 11.6 Å². The van der Waals surface area contributed by atoms with Gasteiger partial charge in [0.25, 0.3) is 5.56 Å². The lowest BCUT2D eigenvalue weighted by molar-refractivity contribution is 0.136. The maximum atomic E-state index is 12.2. The number of fused-ring (bicyclic) bond motifs is 3. The Bertz CT molecular complexity index is 1230. The van der Waals surface area contributed by atoms with E-state index in [1.807, 2.05) is 13.0 Å². The molecule has 3 aromatic rings. The molecule has 32 heavy (non-hydrogen) atoms. The number of H-pyrrole nitrogens is 1. The van der Waals surface area contributed by atoms with E-state index in [2.05, 4.69) is 36.8 Å². The molecule has 166 valence electrons. The first-order valence-corrected chi connectivity index (χ1v) is 11.1. The molecule has 2 fully saturated rings. The minimum atomic E-state index is -0.118. The quantitative estimate of drug-likeness (QED) is 0.541. The molecule has 0 amide bonds. The summed E-state index contributed by atoms with van der Waals surface area (Å²) in [6, 6.07) is 8.77. The van der Waals surface area contributed by atoms with Crippen LogP contribution in [0.5, 0.6) is 0 Å². The second-order valence-electron chi connectivity index (χ2n) is 8.77. The van der Waals surface area contributed by atoms with Crippen LogP contribution in [-0.4, -0.2) is 54.3 Å². The zero-order chi connectivity index (χ0) is 22.2. The first kappa shape index (κ1) is 20.5. The molecule has 3 N–H and O–H groups in total. The number of piperidine rings is 1. The molecule has 5 heterocycles. The van der Waals surface area contributed by atoms with Gasteiger partial charge in [-0.2, -0.15) is 20.3 Å². The number of pyridine rings is 1. The van der Waals surface area contributed by atoms with Gasteiger partial charge in [0.05, 0.1) is 11.5 Å². The van der Waals surface area contributed by atoms with E-state index in [0.717, 1.165) is 36.3 Å². The molecule has 10 heteroatoms. The van der Waals surface area contributed by atoms with Gasteiger partial charge >= 0.3 is 0 Å². The maximum Gasteiger partial charge on any atom is 0.251 e. The van der Waals surface area contributed by atoms with Crippen molar-refractivity contribution in [3.63, 3.8) is 0 Å². The lowest BCUT2D eigenvalue weighted by Gasteiger charge is -2.39. The van der Waals surface area contributed by atoms with Crippen molar-refractivity contribution >= 4 is 28.6 Å². The Balaban J connectivity index is 1.45. The number of anilines is 3. The van der Waals surface area contributed by atoms with E-state index in [9.17, 15) is 4.79 Å². The van der Waals surface area contributed by atoms with Crippen LogP contribution >= 0.6 is 0 Å². The van der Waals surface area contributed by atoms with Crippen LogP contribution in [0.1, 0.15) is 37.8 Å². The topological polar surface area (TPSA) is 128 Å². The highest BCUT2D eigenvalue weighted by atomic mass is 16.1. The zero-order valence-electron chi connectivity index (χ0n) is 18.3. The van der Waals surface area contributed by atoms with Gasteiger partial charge < -0.3 is 10.6 Å². The summed E-state index contributed by atoms with van der Waals surface area (Å²) in [5.41, 5.74) is 1.38. The van der Waals surface area contributed by atoms with Crippen LogP contribution in [0.4, 0.5) is 17.6 Å². The summed E-state index contributed by atoms with van der Waals surface area (Å²) in [6.45, 7) is 2.78. The highest BCUT2D eigenvalue weighted by Gasteiger charge is 2.40. The van der Waals surface area contributed by atoms with E-state index in [1.54, 1.807) is 19.2 Å². The van der Waals surface area contributed by atoms with Crippen molar-refractivity contribution in [2.24, 2.45) is 7.05 Å². The van der Waals surface area contributed by atoms with Gasteiger partial charge in [-0.3, -0.25) is 19.4 Å². The van der Waals surface area contributed by atoms with Gasteiger partial charge in [0, 0.05) is 56.0 Å². The highest BCUT2D eigenvalue weighted by Crippen LogP contribution is 2.37. The van der Waals surface area contributed by atoms with Crippen molar-refractivity contribution in [2.45, 2.75) is 57.2 Å². The van der Waals surface area contributed by atoms with Crippen molar-refractivity contribution in [3.05, 3.63) is 34.2 Å². The average Bonchev–Trinajstić information content (AvgIpc) is 3.28. The number of nitrogens with one attached hydrogen (secondary N) is 3. The fourth-order valence-corrected chi connectivity index (χ4v) is 5.13. The Morgan fingerprint density at radius 3 is 2.72 bits per heavy atom. The minimum absolute atomic E-state index is 0.118. The number of aryl methyl sites for hydroxylation is 2. The molecule has 1 unspecified atom stereocenters. The molecule has 5 rings (SSSR count). The van der Waals surface area contributed by atoms with E-state index in [0.29, 0.717) is 35.9 Å². The molecule has 2 saturated heterocycles. The van der Waals surface area contributed by atoms with Gasteiger partial charge in [0.2, 0.25) is 5.95 Å². The van der Waals surface area contributed by atoms with Crippen molar-refractivity contribution in [3.8, 4) is 6.07 Å². The third-order valence-corrected chi connectivity index (χ3v) is 6.62. The van der Waals surface area contributed by atoms with Gasteiger partial charge in [-0.1, -0.05) is 0 Å². The SMILES string of the molecule is Cc1cc(Nc2nc(N[C@@H]3CC4CC[C@@H](C3)N4CCC#N)c3ccc(=O)n(C)c3n2)n[nH]1. The molecular weight excluding hydrogens is 406 g/mol. The molecule has 0 radical (unpaired) electrons. The predicted octanol–water partition coefficient (Wildman–Crippen LogP) is 2.42.